The maximum atomic E-state index is 13.1. The number of hydrogen-bond acceptors (Lipinski definition) is 2. The van der Waals surface area contributed by atoms with Gasteiger partial charge in [-0.25, -0.2) is 0 Å². The lowest BCUT2D eigenvalue weighted by molar-refractivity contribution is -0.162. The molecule has 0 aromatic heterocycles. The van der Waals surface area contributed by atoms with Gasteiger partial charge in [0.2, 0.25) is 5.91 Å². The number of amides is 1. The average Bonchev–Trinajstić information content (AvgIpc) is 3.40. The highest BCUT2D eigenvalue weighted by molar-refractivity contribution is 5.95. The van der Waals surface area contributed by atoms with Crippen molar-refractivity contribution in [1.82, 2.24) is 0 Å². The van der Waals surface area contributed by atoms with E-state index in [1.54, 1.807) is 0 Å². The van der Waals surface area contributed by atoms with Crippen molar-refractivity contribution >= 4 is 11.6 Å². The summed E-state index contributed by atoms with van der Waals surface area (Å²) in [6.45, 7) is 8.14. The summed E-state index contributed by atoms with van der Waals surface area (Å²) in [6.07, 6.45) is 15.6. The lowest BCUT2D eigenvalue weighted by Gasteiger charge is -2.62. The second-order valence-corrected chi connectivity index (χ2v) is 13.7. The van der Waals surface area contributed by atoms with Gasteiger partial charge in [-0.15, -0.1) is 0 Å². The number of rotatable bonds is 4. The molecular formula is C32H47NO2. The molecule has 4 aliphatic carbocycles. The molecule has 0 spiro atoms. The molecule has 1 heterocycles. The summed E-state index contributed by atoms with van der Waals surface area (Å²) in [5, 5.41) is 11.4. The monoisotopic (exact) mass is 477 g/mol. The Bertz CT molecular complexity index is 972. The fourth-order valence-electron chi connectivity index (χ4n) is 10.3. The van der Waals surface area contributed by atoms with Crippen LogP contribution < -0.4 is 4.90 Å². The highest BCUT2D eigenvalue weighted by atomic mass is 16.3. The topological polar surface area (TPSA) is 40.5 Å². The summed E-state index contributed by atoms with van der Waals surface area (Å²) in [7, 11) is 0. The summed E-state index contributed by atoms with van der Waals surface area (Å²) in [5.74, 6) is 3.72. The van der Waals surface area contributed by atoms with Gasteiger partial charge < -0.3 is 10.0 Å². The third-order valence-corrected chi connectivity index (χ3v) is 12.2. The predicted octanol–water partition coefficient (Wildman–Crippen LogP) is 7.07. The Balaban J connectivity index is 1.10. The second kappa shape index (κ2) is 8.89. The molecule has 1 aromatic carbocycles. The maximum Gasteiger partial charge on any atom is 0.226 e. The van der Waals surface area contributed by atoms with Crippen LogP contribution >= 0.6 is 0 Å². The fraction of sp³-hybridized carbons (Fsp3) is 0.781. The first-order valence-electron chi connectivity index (χ1n) is 14.9. The first-order valence-corrected chi connectivity index (χ1v) is 14.9. The van der Waals surface area contributed by atoms with Gasteiger partial charge in [0.15, 0.2) is 0 Å². The smallest absolute Gasteiger partial charge is 0.226 e. The van der Waals surface area contributed by atoms with E-state index >= 15 is 0 Å². The Kier molecular flexibility index (Phi) is 6.10. The van der Waals surface area contributed by atoms with Gasteiger partial charge in [0.25, 0.3) is 0 Å². The van der Waals surface area contributed by atoms with Crippen LogP contribution in [0.2, 0.25) is 0 Å². The summed E-state index contributed by atoms with van der Waals surface area (Å²) in [4.78, 5) is 15.2. The zero-order chi connectivity index (χ0) is 24.4. The molecule has 1 amide bonds. The van der Waals surface area contributed by atoms with E-state index in [1.165, 1.54) is 68.9 Å². The quantitative estimate of drug-likeness (QED) is 0.503. The first kappa shape index (κ1) is 24.0. The van der Waals surface area contributed by atoms with E-state index in [-0.39, 0.29) is 6.10 Å². The number of carbonyl (C=O) groups excluding carboxylic acids is 1. The second-order valence-electron chi connectivity index (χ2n) is 13.7. The minimum absolute atomic E-state index is 0.0833. The Hall–Kier alpha value is -1.35. The van der Waals surface area contributed by atoms with E-state index < -0.39 is 0 Å². The van der Waals surface area contributed by atoms with E-state index in [0.29, 0.717) is 35.0 Å². The van der Waals surface area contributed by atoms with Crippen LogP contribution in [0.4, 0.5) is 5.69 Å². The first-order chi connectivity index (χ1) is 16.8. The third kappa shape index (κ3) is 3.82. The standard InChI is InChI=1S/C32H47NO2/c1-21-10-13-27-22(19-21)15-18-33(27)29(35)9-6-8-23-11-12-25-30-26(14-17-32(23,25)3)31(2)16-5-4-7-24(31)20-28(30)34/h10,13,19,23-26,28,30,34H,4-9,11-12,14-18,20H2,1-3H3. The summed E-state index contributed by atoms with van der Waals surface area (Å²) in [6, 6.07) is 6.52. The summed E-state index contributed by atoms with van der Waals surface area (Å²) in [5.41, 5.74) is 4.60. The number of anilines is 1. The summed E-state index contributed by atoms with van der Waals surface area (Å²) < 4.78 is 0. The zero-order valence-corrected chi connectivity index (χ0v) is 22.4. The SMILES string of the molecule is Cc1ccc2c(c1)CCN2C(=O)CCCC1CCC2C3C(O)CC4CCCCC4(C)C3CCC12C. The molecule has 8 unspecified atom stereocenters. The Labute approximate surface area is 213 Å². The minimum atomic E-state index is -0.0833. The molecule has 3 heteroatoms. The van der Waals surface area contributed by atoms with Crippen LogP contribution in [-0.2, 0) is 11.2 Å². The van der Waals surface area contributed by atoms with Crippen molar-refractivity contribution in [3.8, 4) is 0 Å². The van der Waals surface area contributed by atoms with Crippen LogP contribution in [0.15, 0.2) is 18.2 Å². The van der Waals surface area contributed by atoms with Crippen LogP contribution in [0.25, 0.3) is 0 Å². The molecule has 6 rings (SSSR count). The molecule has 1 aromatic rings. The Morgan fingerprint density at radius 3 is 2.74 bits per heavy atom. The van der Waals surface area contributed by atoms with Crippen LogP contribution in [0.3, 0.4) is 0 Å². The van der Waals surface area contributed by atoms with Crippen LogP contribution in [-0.4, -0.2) is 23.7 Å². The molecule has 4 fully saturated rings. The number of aryl methyl sites for hydroxylation is 1. The lowest BCUT2D eigenvalue weighted by Crippen LogP contribution is -2.57. The van der Waals surface area contributed by atoms with Crippen molar-refractivity contribution in [1.29, 1.82) is 0 Å². The van der Waals surface area contributed by atoms with E-state index in [4.69, 9.17) is 0 Å². The van der Waals surface area contributed by atoms with E-state index in [9.17, 15) is 9.90 Å². The van der Waals surface area contributed by atoms with Gasteiger partial charge >= 0.3 is 0 Å². The summed E-state index contributed by atoms with van der Waals surface area (Å²) >= 11 is 0. The van der Waals surface area contributed by atoms with Crippen LogP contribution in [0.5, 0.6) is 0 Å². The molecule has 8 atom stereocenters. The van der Waals surface area contributed by atoms with E-state index in [1.807, 2.05) is 4.90 Å². The van der Waals surface area contributed by atoms with Gasteiger partial charge in [-0.05, 0) is 123 Å². The lowest BCUT2D eigenvalue weighted by atomic mass is 9.44. The number of nitrogens with zero attached hydrogens (tertiary/aromatic N) is 1. The van der Waals surface area contributed by atoms with Gasteiger partial charge in [0.1, 0.15) is 0 Å². The number of hydrogen-bond donors (Lipinski definition) is 1. The Morgan fingerprint density at radius 1 is 1.06 bits per heavy atom. The van der Waals surface area contributed by atoms with Crippen LogP contribution in [0.1, 0.15) is 102 Å². The number of aliphatic hydroxyl groups is 1. The van der Waals surface area contributed by atoms with Gasteiger partial charge in [0.05, 0.1) is 6.10 Å². The zero-order valence-electron chi connectivity index (χ0n) is 22.4. The van der Waals surface area contributed by atoms with Gasteiger partial charge in [-0.3, -0.25) is 4.79 Å². The van der Waals surface area contributed by atoms with Crippen molar-refractivity contribution in [2.45, 2.75) is 110 Å². The third-order valence-electron chi connectivity index (χ3n) is 12.2. The van der Waals surface area contributed by atoms with Gasteiger partial charge in [-0.2, -0.15) is 0 Å². The molecule has 0 bridgehead atoms. The van der Waals surface area contributed by atoms with E-state index in [0.717, 1.165) is 49.2 Å². The average molecular weight is 478 g/mol. The molecule has 3 nitrogen and oxygen atoms in total. The number of aliphatic hydroxyl groups excluding tert-OH is 1. The molecule has 5 aliphatic rings. The van der Waals surface area contributed by atoms with Crippen molar-refractivity contribution < 1.29 is 9.90 Å². The number of carbonyl (C=O) groups is 1. The molecular weight excluding hydrogens is 430 g/mol. The predicted molar refractivity (Wildman–Crippen MR) is 142 cm³/mol. The minimum Gasteiger partial charge on any atom is -0.393 e. The molecule has 4 saturated carbocycles. The molecule has 192 valence electrons. The molecule has 1 aliphatic heterocycles. The maximum absolute atomic E-state index is 13.1. The van der Waals surface area contributed by atoms with Gasteiger partial charge in [0, 0.05) is 18.7 Å². The molecule has 0 saturated heterocycles. The molecule has 0 radical (unpaired) electrons. The van der Waals surface area contributed by atoms with E-state index in [2.05, 4.69) is 39.0 Å². The number of fused-ring (bicyclic) bond motifs is 6. The molecule has 1 N–H and O–H groups in total. The van der Waals surface area contributed by atoms with Crippen molar-refractivity contribution in [3.63, 3.8) is 0 Å². The van der Waals surface area contributed by atoms with Gasteiger partial charge in [-0.1, -0.05) is 44.4 Å². The van der Waals surface area contributed by atoms with Crippen molar-refractivity contribution in [3.05, 3.63) is 29.3 Å². The van der Waals surface area contributed by atoms with Crippen molar-refractivity contribution in [2.24, 2.45) is 40.4 Å². The highest BCUT2D eigenvalue weighted by Crippen LogP contribution is 2.67. The van der Waals surface area contributed by atoms with Crippen molar-refractivity contribution in [2.75, 3.05) is 11.4 Å². The largest absolute Gasteiger partial charge is 0.393 e. The normalized spacial score (nSPS) is 42.2. The number of benzene rings is 1. The molecule has 35 heavy (non-hydrogen) atoms. The highest BCUT2D eigenvalue weighted by Gasteiger charge is 2.61. The van der Waals surface area contributed by atoms with Crippen LogP contribution in [0, 0.1) is 47.3 Å². The Morgan fingerprint density at radius 2 is 1.89 bits per heavy atom. The fourth-order valence-corrected chi connectivity index (χ4v) is 10.3.